The molecule has 0 heterocycles. The van der Waals surface area contributed by atoms with Crippen LogP contribution in [0.25, 0.3) is 0 Å². The van der Waals surface area contributed by atoms with Crippen LogP contribution in [0.5, 0.6) is 0 Å². The average Bonchev–Trinajstić information content (AvgIpc) is 2.59. The Bertz CT molecular complexity index is 726. The number of halogens is 3. The van der Waals surface area contributed by atoms with Gasteiger partial charge in [-0.2, -0.15) is 0 Å². The summed E-state index contributed by atoms with van der Waals surface area (Å²) in [6.07, 6.45) is 1.26. The van der Waals surface area contributed by atoms with Crippen LogP contribution >= 0.6 is 0 Å². The number of aliphatic hydroxyl groups excluding tert-OH is 1. The standard InChI is InChI=1S/C18H21F3N2O3/c1-4-13(18(25)23-26-9-5-8-24)17(16(21)12(3)19)22-15-7-6-11(2)10-14(15)20/h4,6-7,10,22,24H,1,5,8-9H2,2-3H3,(H,23,25)/b16-12-,17-13-. The zero-order valence-electron chi connectivity index (χ0n) is 14.5. The van der Waals surface area contributed by atoms with Gasteiger partial charge in [-0.3, -0.25) is 9.63 Å². The molecule has 0 aliphatic heterocycles. The number of anilines is 1. The molecular formula is C18H21F3N2O3. The molecule has 0 saturated heterocycles. The Morgan fingerprint density at radius 2 is 2.08 bits per heavy atom. The van der Waals surface area contributed by atoms with E-state index < -0.39 is 29.1 Å². The second-order valence-corrected chi connectivity index (χ2v) is 5.31. The molecule has 0 aliphatic rings. The minimum atomic E-state index is -1.37. The van der Waals surface area contributed by atoms with Crippen molar-refractivity contribution in [3.63, 3.8) is 0 Å². The minimum absolute atomic E-state index is 0.0163. The van der Waals surface area contributed by atoms with Crippen molar-refractivity contribution in [2.24, 2.45) is 0 Å². The van der Waals surface area contributed by atoms with Gasteiger partial charge in [-0.25, -0.2) is 18.7 Å². The fourth-order valence-electron chi connectivity index (χ4n) is 1.89. The van der Waals surface area contributed by atoms with E-state index in [9.17, 15) is 18.0 Å². The molecule has 26 heavy (non-hydrogen) atoms. The summed E-state index contributed by atoms with van der Waals surface area (Å²) in [6.45, 7) is 5.81. The second kappa shape index (κ2) is 10.4. The molecule has 0 aliphatic carbocycles. The summed E-state index contributed by atoms with van der Waals surface area (Å²) in [7, 11) is 0. The number of allylic oxidation sites excluding steroid dienone is 2. The number of aliphatic hydroxyl groups is 1. The number of carbonyl (C=O) groups is 1. The summed E-state index contributed by atoms with van der Waals surface area (Å²) in [5.41, 5.74) is 1.54. The summed E-state index contributed by atoms with van der Waals surface area (Å²) >= 11 is 0. The van der Waals surface area contributed by atoms with Gasteiger partial charge in [-0.15, -0.1) is 0 Å². The number of carbonyl (C=O) groups excluding carboxylic acids is 1. The fraction of sp³-hybridized carbons (Fsp3) is 0.278. The number of benzene rings is 1. The molecule has 1 amide bonds. The van der Waals surface area contributed by atoms with Crippen molar-refractivity contribution in [2.75, 3.05) is 18.5 Å². The lowest BCUT2D eigenvalue weighted by molar-refractivity contribution is -0.129. The quantitative estimate of drug-likeness (QED) is 0.269. The largest absolute Gasteiger partial charge is 0.396 e. The molecule has 3 N–H and O–H groups in total. The van der Waals surface area contributed by atoms with Crippen molar-refractivity contribution in [1.29, 1.82) is 0 Å². The first kappa shape index (κ1) is 21.5. The maximum atomic E-state index is 14.3. The van der Waals surface area contributed by atoms with Crippen molar-refractivity contribution in [1.82, 2.24) is 5.48 Å². The SMILES string of the molecule is C=C/C(C(=O)NOCCCO)=C(Nc1ccc(C)cc1F)\C(F)=C(/C)F. The molecule has 0 unspecified atom stereocenters. The predicted octanol–water partition coefficient (Wildman–Crippen LogP) is 3.59. The number of hydrogen-bond acceptors (Lipinski definition) is 4. The highest BCUT2D eigenvalue weighted by Gasteiger charge is 2.20. The van der Waals surface area contributed by atoms with E-state index in [0.29, 0.717) is 5.56 Å². The summed E-state index contributed by atoms with van der Waals surface area (Å²) in [4.78, 5) is 17.0. The van der Waals surface area contributed by atoms with Gasteiger partial charge in [0.2, 0.25) is 0 Å². The van der Waals surface area contributed by atoms with E-state index in [2.05, 4.69) is 11.9 Å². The maximum absolute atomic E-state index is 14.3. The van der Waals surface area contributed by atoms with Gasteiger partial charge >= 0.3 is 0 Å². The second-order valence-electron chi connectivity index (χ2n) is 5.31. The molecule has 0 spiro atoms. The van der Waals surface area contributed by atoms with Crippen molar-refractivity contribution >= 4 is 11.6 Å². The van der Waals surface area contributed by atoms with Crippen LogP contribution in [-0.2, 0) is 9.63 Å². The van der Waals surface area contributed by atoms with Gasteiger partial charge in [0, 0.05) is 6.61 Å². The van der Waals surface area contributed by atoms with E-state index in [1.807, 2.05) is 5.48 Å². The highest BCUT2D eigenvalue weighted by atomic mass is 19.2. The van der Waals surface area contributed by atoms with Gasteiger partial charge in [0.15, 0.2) is 5.83 Å². The lowest BCUT2D eigenvalue weighted by Gasteiger charge is -2.15. The monoisotopic (exact) mass is 370 g/mol. The summed E-state index contributed by atoms with van der Waals surface area (Å²) in [5, 5.41) is 11.1. The number of nitrogens with one attached hydrogen (secondary N) is 2. The van der Waals surface area contributed by atoms with Crippen molar-refractivity contribution in [2.45, 2.75) is 20.3 Å². The number of hydrogen-bond donors (Lipinski definition) is 3. The van der Waals surface area contributed by atoms with Crippen molar-refractivity contribution in [3.8, 4) is 0 Å². The van der Waals surface area contributed by atoms with Gasteiger partial charge in [0.1, 0.15) is 11.6 Å². The van der Waals surface area contributed by atoms with Gasteiger partial charge in [-0.05, 0) is 38.0 Å². The number of amides is 1. The first-order valence-electron chi connectivity index (χ1n) is 7.77. The van der Waals surface area contributed by atoms with Crippen LogP contribution in [-0.4, -0.2) is 24.2 Å². The molecular weight excluding hydrogens is 349 g/mol. The number of aryl methyl sites for hydroxylation is 1. The van der Waals surface area contributed by atoms with Crippen LogP contribution in [0.1, 0.15) is 18.9 Å². The van der Waals surface area contributed by atoms with Crippen LogP contribution < -0.4 is 10.8 Å². The van der Waals surface area contributed by atoms with Gasteiger partial charge in [-0.1, -0.05) is 18.7 Å². The van der Waals surface area contributed by atoms with Crippen molar-refractivity contribution in [3.05, 3.63) is 65.2 Å². The third kappa shape index (κ3) is 6.05. The van der Waals surface area contributed by atoms with E-state index in [0.717, 1.165) is 13.0 Å². The molecule has 0 atom stereocenters. The molecule has 0 radical (unpaired) electrons. The summed E-state index contributed by atoms with van der Waals surface area (Å²) < 4.78 is 41.8. The molecule has 0 fully saturated rings. The first-order chi connectivity index (χ1) is 12.3. The van der Waals surface area contributed by atoms with Crippen LogP contribution in [0.3, 0.4) is 0 Å². The van der Waals surface area contributed by atoms with Crippen LogP contribution in [0, 0.1) is 12.7 Å². The topological polar surface area (TPSA) is 70.6 Å². The van der Waals surface area contributed by atoms with Crippen molar-refractivity contribution < 1.29 is 27.9 Å². The molecule has 5 nitrogen and oxygen atoms in total. The fourth-order valence-corrected chi connectivity index (χ4v) is 1.89. The first-order valence-corrected chi connectivity index (χ1v) is 7.77. The Hall–Kier alpha value is -2.58. The Kier molecular flexibility index (Phi) is 8.60. The van der Waals surface area contributed by atoms with E-state index in [4.69, 9.17) is 9.94 Å². The summed E-state index contributed by atoms with van der Waals surface area (Å²) in [5.74, 6) is -4.18. The third-order valence-corrected chi connectivity index (χ3v) is 3.19. The predicted molar refractivity (Wildman–Crippen MR) is 92.7 cm³/mol. The van der Waals surface area contributed by atoms with E-state index in [-0.39, 0.29) is 30.9 Å². The van der Waals surface area contributed by atoms with Gasteiger partial charge < -0.3 is 10.4 Å². The van der Waals surface area contributed by atoms with Gasteiger partial charge in [0.25, 0.3) is 5.91 Å². The van der Waals surface area contributed by atoms with Gasteiger partial charge in [0.05, 0.1) is 23.6 Å². The highest BCUT2D eigenvalue weighted by molar-refractivity contribution is 5.97. The molecule has 1 rings (SSSR count). The molecule has 8 heteroatoms. The Balaban J connectivity index is 3.24. The zero-order valence-corrected chi connectivity index (χ0v) is 14.5. The lowest BCUT2D eigenvalue weighted by atomic mass is 10.1. The molecule has 0 bridgehead atoms. The Morgan fingerprint density at radius 1 is 1.38 bits per heavy atom. The number of rotatable bonds is 9. The van der Waals surface area contributed by atoms with E-state index >= 15 is 0 Å². The Morgan fingerprint density at radius 3 is 2.62 bits per heavy atom. The highest BCUT2D eigenvalue weighted by Crippen LogP contribution is 2.26. The molecule has 142 valence electrons. The van der Waals surface area contributed by atoms with E-state index in [1.165, 1.54) is 12.1 Å². The zero-order chi connectivity index (χ0) is 19.7. The normalized spacial score (nSPS) is 12.8. The van der Waals surface area contributed by atoms with Crippen LogP contribution in [0.2, 0.25) is 0 Å². The smallest absolute Gasteiger partial charge is 0.277 e. The molecule has 1 aromatic rings. The molecule has 1 aromatic carbocycles. The van der Waals surface area contributed by atoms with Crippen LogP contribution in [0.15, 0.2) is 53.8 Å². The lowest BCUT2D eigenvalue weighted by Crippen LogP contribution is -2.27. The number of hydroxylamine groups is 1. The minimum Gasteiger partial charge on any atom is -0.396 e. The molecule has 0 aromatic heterocycles. The average molecular weight is 370 g/mol. The van der Waals surface area contributed by atoms with E-state index in [1.54, 1.807) is 13.0 Å². The van der Waals surface area contributed by atoms with Crippen LogP contribution in [0.4, 0.5) is 18.9 Å². The Labute approximate surface area is 149 Å². The molecule has 0 saturated carbocycles. The summed E-state index contributed by atoms with van der Waals surface area (Å²) in [6, 6.07) is 4.11. The maximum Gasteiger partial charge on any atom is 0.277 e. The third-order valence-electron chi connectivity index (χ3n) is 3.19.